The first-order chi connectivity index (χ1) is 9.08. The van der Waals surface area contributed by atoms with Crippen molar-refractivity contribution in [1.82, 2.24) is 9.88 Å². The van der Waals surface area contributed by atoms with Crippen LogP contribution in [-0.4, -0.2) is 17.0 Å². The molecule has 0 unspecified atom stereocenters. The topological polar surface area (TPSA) is 34.0 Å². The van der Waals surface area contributed by atoms with Crippen LogP contribution in [0.25, 0.3) is 10.9 Å². The maximum Gasteiger partial charge on any atom is 0.239 e. The molecule has 0 aliphatic rings. The highest BCUT2D eigenvalue weighted by Crippen LogP contribution is 2.23. The van der Waals surface area contributed by atoms with Crippen LogP contribution in [0.5, 0.6) is 0 Å². The van der Waals surface area contributed by atoms with Gasteiger partial charge in [0, 0.05) is 28.7 Å². The molecule has 0 saturated heterocycles. The zero-order valence-electron chi connectivity index (χ0n) is 11.3. The summed E-state index contributed by atoms with van der Waals surface area (Å²) >= 11 is 6.11. The van der Waals surface area contributed by atoms with E-state index in [4.69, 9.17) is 11.6 Å². The number of nitrogens with zero attached hydrogens (tertiary/aromatic N) is 1. The largest absolute Gasteiger partial charge is 0.355 e. The minimum Gasteiger partial charge on any atom is -0.355 e. The van der Waals surface area contributed by atoms with E-state index >= 15 is 0 Å². The summed E-state index contributed by atoms with van der Waals surface area (Å²) in [4.78, 5) is 11.9. The van der Waals surface area contributed by atoms with Gasteiger partial charge in [0.25, 0.3) is 0 Å². The van der Waals surface area contributed by atoms with Crippen LogP contribution >= 0.6 is 11.6 Å². The van der Waals surface area contributed by atoms with Crippen molar-refractivity contribution in [2.45, 2.75) is 26.8 Å². The summed E-state index contributed by atoms with van der Waals surface area (Å²) < 4.78 is 1.92. The fourth-order valence-corrected chi connectivity index (χ4v) is 2.27. The van der Waals surface area contributed by atoms with Crippen molar-refractivity contribution in [3.05, 3.63) is 35.5 Å². The Kier molecular flexibility index (Phi) is 4.48. The van der Waals surface area contributed by atoms with Gasteiger partial charge in [-0.2, -0.15) is 0 Å². The van der Waals surface area contributed by atoms with E-state index in [0.717, 1.165) is 28.9 Å². The van der Waals surface area contributed by atoms with Crippen LogP contribution in [0.4, 0.5) is 0 Å². The number of hydrogen-bond acceptors (Lipinski definition) is 1. The van der Waals surface area contributed by atoms with Gasteiger partial charge >= 0.3 is 0 Å². The van der Waals surface area contributed by atoms with E-state index in [2.05, 4.69) is 19.2 Å². The van der Waals surface area contributed by atoms with Gasteiger partial charge < -0.3 is 9.88 Å². The van der Waals surface area contributed by atoms with Crippen LogP contribution in [-0.2, 0) is 11.3 Å². The Morgan fingerprint density at radius 1 is 1.37 bits per heavy atom. The van der Waals surface area contributed by atoms with E-state index in [1.165, 1.54) is 0 Å². The number of carbonyl (C=O) groups is 1. The molecule has 0 spiro atoms. The Bertz CT molecular complexity index is 575. The number of hydrogen-bond donors (Lipinski definition) is 1. The van der Waals surface area contributed by atoms with Gasteiger partial charge in [0.15, 0.2) is 0 Å². The van der Waals surface area contributed by atoms with Crippen molar-refractivity contribution in [3.8, 4) is 0 Å². The molecule has 1 heterocycles. The number of halogens is 1. The minimum atomic E-state index is 0.0399. The Morgan fingerprint density at radius 2 is 2.16 bits per heavy atom. The number of amides is 1. The summed E-state index contributed by atoms with van der Waals surface area (Å²) in [5.41, 5.74) is 0.992. The van der Waals surface area contributed by atoms with Gasteiger partial charge in [0.05, 0.1) is 0 Å². The highest BCUT2D eigenvalue weighted by molar-refractivity contribution is 6.35. The van der Waals surface area contributed by atoms with E-state index in [-0.39, 0.29) is 5.91 Å². The van der Waals surface area contributed by atoms with Crippen molar-refractivity contribution < 1.29 is 4.79 Å². The smallest absolute Gasteiger partial charge is 0.239 e. The first kappa shape index (κ1) is 13.9. The van der Waals surface area contributed by atoms with Crippen LogP contribution in [0, 0.1) is 5.92 Å². The third kappa shape index (κ3) is 3.51. The molecule has 1 aromatic carbocycles. The highest BCUT2D eigenvalue weighted by atomic mass is 35.5. The molecule has 3 nitrogen and oxygen atoms in total. The number of benzene rings is 1. The molecule has 0 aliphatic heterocycles. The Labute approximate surface area is 118 Å². The third-order valence-electron chi connectivity index (χ3n) is 3.12. The predicted octanol–water partition coefficient (Wildman–Crippen LogP) is 3.46. The molecule has 0 bridgehead atoms. The quantitative estimate of drug-likeness (QED) is 0.893. The van der Waals surface area contributed by atoms with Gasteiger partial charge in [-0.15, -0.1) is 0 Å². The van der Waals surface area contributed by atoms with Gasteiger partial charge in [-0.1, -0.05) is 31.5 Å². The van der Waals surface area contributed by atoms with Crippen molar-refractivity contribution in [3.63, 3.8) is 0 Å². The molecule has 2 aromatic rings. The molecule has 2 rings (SSSR count). The average molecular weight is 279 g/mol. The first-order valence-electron chi connectivity index (χ1n) is 6.58. The molecule has 1 N–H and O–H groups in total. The molecule has 4 heteroatoms. The molecule has 0 saturated carbocycles. The average Bonchev–Trinajstić information content (AvgIpc) is 2.73. The van der Waals surface area contributed by atoms with Crippen molar-refractivity contribution >= 4 is 28.4 Å². The SMILES string of the molecule is CC(C)CCNC(=O)Cn1ccc2c(Cl)cccc21. The minimum absolute atomic E-state index is 0.0399. The van der Waals surface area contributed by atoms with Gasteiger partial charge in [0.2, 0.25) is 5.91 Å². The second-order valence-electron chi connectivity index (χ2n) is 5.15. The second kappa shape index (κ2) is 6.11. The summed E-state index contributed by atoms with van der Waals surface area (Å²) in [5, 5.41) is 4.64. The molecule has 1 amide bonds. The Balaban J connectivity index is 2.01. The standard InChI is InChI=1S/C15H19ClN2O/c1-11(2)6-8-17-15(19)10-18-9-7-12-13(16)4-3-5-14(12)18/h3-5,7,9,11H,6,8,10H2,1-2H3,(H,17,19). The van der Waals surface area contributed by atoms with E-state index in [0.29, 0.717) is 12.5 Å². The molecular formula is C15H19ClN2O. The van der Waals surface area contributed by atoms with Gasteiger partial charge in [-0.25, -0.2) is 0 Å². The lowest BCUT2D eigenvalue weighted by molar-refractivity contribution is -0.121. The number of aromatic nitrogens is 1. The third-order valence-corrected chi connectivity index (χ3v) is 3.45. The Morgan fingerprint density at radius 3 is 2.89 bits per heavy atom. The maximum absolute atomic E-state index is 11.9. The highest BCUT2D eigenvalue weighted by Gasteiger charge is 2.07. The van der Waals surface area contributed by atoms with Crippen molar-refractivity contribution in [2.24, 2.45) is 5.92 Å². The summed E-state index contributed by atoms with van der Waals surface area (Å²) in [6, 6.07) is 7.68. The molecular weight excluding hydrogens is 260 g/mol. The van der Waals surface area contributed by atoms with E-state index in [9.17, 15) is 4.79 Å². The van der Waals surface area contributed by atoms with Gasteiger partial charge in [0.1, 0.15) is 6.54 Å². The van der Waals surface area contributed by atoms with E-state index < -0.39 is 0 Å². The Hall–Kier alpha value is -1.48. The lowest BCUT2D eigenvalue weighted by atomic mass is 10.1. The number of fused-ring (bicyclic) bond motifs is 1. The van der Waals surface area contributed by atoms with E-state index in [1.807, 2.05) is 35.0 Å². The second-order valence-corrected chi connectivity index (χ2v) is 5.56. The first-order valence-corrected chi connectivity index (χ1v) is 6.96. The number of rotatable bonds is 5. The monoisotopic (exact) mass is 278 g/mol. The van der Waals surface area contributed by atoms with Crippen LogP contribution in [0.1, 0.15) is 20.3 Å². The maximum atomic E-state index is 11.9. The number of carbonyl (C=O) groups excluding carboxylic acids is 1. The fraction of sp³-hybridized carbons (Fsp3) is 0.400. The van der Waals surface area contributed by atoms with Crippen LogP contribution < -0.4 is 5.32 Å². The molecule has 19 heavy (non-hydrogen) atoms. The molecule has 0 aliphatic carbocycles. The van der Waals surface area contributed by atoms with Gasteiger partial charge in [-0.3, -0.25) is 4.79 Å². The summed E-state index contributed by atoms with van der Waals surface area (Å²) in [7, 11) is 0. The van der Waals surface area contributed by atoms with Crippen LogP contribution in [0.3, 0.4) is 0 Å². The number of nitrogens with one attached hydrogen (secondary N) is 1. The summed E-state index contributed by atoms with van der Waals surface area (Å²) in [6.45, 7) is 5.36. The van der Waals surface area contributed by atoms with Gasteiger partial charge in [-0.05, 0) is 30.5 Å². The molecule has 0 radical (unpaired) electrons. The lowest BCUT2D eigenvalue weighted by Gasteiger charge is -2.09. The summed E-state index contributed by atoms with van der Waals surface area (Å²) in [6.07, 6.45) is 2.91. The van der Waals surface area contributed by atoms with Crippen molar-refractivity contribution in [2.75, 3.05) is 6.54 Å². The molecule has 1 aromatic heterocycles. The van der Waals surface area contributed by atoms with E-state index in [1.54, 1.807) is 0 Å². The fourth-order valence-electron chi connectivity index (χ4n) is 2.03. The molecule has 102 valence electrons. The van der Waals surface area contributed by atoms with Crippen LogP contribution in [0.2, 0.25) is 5.02 Å². The van der Waals surface area contributed by atoms with Crippen molar-refractivity contribution in [1.29, 1.82) is 0 Å². The summed E-state index contributed by atoms with van der Waals surface area (Å²) in [5.74, 6) is 0.643. The normalized spacial score (nSPS) is 11.2. The zero-order chi connectivity index (χ0) is 13.8. The molecule has 0 atom stereocenters. The lowest BCUT2D eigenvalue weighted by Crippen LogP contribution is -2.28. The molecule has 0 fully saturated rings. The van der Waals surface area contributed by atoms with Crippen LogP contribution in [0.15, 0.2) is 30.5 Å². The zero-order valence-corrected chi connectivity index (χ0v) is 12.1. The predicted molar refractivity (Wildman–Crippen MR) is 79.4 cm³/mol.